The van der Waals surface area contributed by atoms with Gasteiger partial charge in [0, 0.05) is 16.6 Å². The highest BCUT2D eigenvalue weighted by molar-refractivity contribution is 9.09. The quantitative estimate of drug-likeness (QED) is 0.851. The van der Waals surface area contributed by atoms with E-state index in [1.165, 1.54) is 23.3 Å². The molecule has 1 unspecified atom stereocenters. The maximum absolute atomic E-state index is 11.5. The lowest BCUT2D eigenvalue weighted by Crippen LogP contribution is -2.30. The standard InChI is InChI=1S/C11H14BrNOS/c12-6-4-11(14)13-9-2-1-3-10-8(9)5-7-15-10/h5,7,9H,1-4,6H2,(H,13,14). The summed E-state index contributed by atoms with van der Waals surface area (Å²) in [5, 5.41) is 5.96. The third-order valence-electron chi connectivity index (χ3n) is 2.71. The van der Waals surface area contributed by atoms with Crippen LogP contribution < -0.4 is 5.32 Å². The van der Waals surface area contributed by atoms with Crippen LogP contribution in [-0.2, 0) is 11.2 Å². The van der Waals surface area contributed by atoms with Crippen LogP contribution in [0, 0.1) is 0 Å². The highest BCUT2D eigenvalue weighted by Gasteiger charge is 2.22. The fraction of sp³-hybridized carbons (Fsp3) is 0.545. The number of hydrogen-bond acceptors (Lipinski definition) is 2. The molecular formula is C11H14BrNOS. The molecule has 0 radical (unpaired) electrons. The summed E-state index contributed by atoms with van der Waals surface area (Å²) in [5.41, 5.74) is 1.34. The Hall–Kier alpha value is -0.350. The van der Waals surface area contributed by atoms with Crippen molar-refractivity contribution in [3.63, 3.8) is 0 Å². The maximum Gasteiger partial charge on any atom is 0.221 e. The summed E-state index contributed by atoms with van der Waals surface area (Å²) in [5.74, 6) is 0.149. The fourth-order valence-electron chi connectivity index (χ4n) is 1.99. The molecule has 1 atom stereocenters. The van der Waals surface area contributed by atoms with Gasteiger partial charge in [-0.05, 0) is 36.3 Å². The predicted octanol–water partition coefficient (Wildman–Crippen LogP) is 3.03. The highest BCUT2D eigenvalue weighted by atomic mass is 79.9. The van der Waals surface area contributed by atoms with E-state index in [-0.39, 0.29) is 11.9 Å². The Morgan fingerprint density at radius 1 is 1.67 bits per heavy atom. The van der Waals surface area contributed by atoms with Crippen LogP contribution in [0.15, 0.2) is 11.4 Å². The summed E-state index contributed by atoms with van der Waals surface area (Å²) in [6.45, 7) is 0. The van der Waals surface area contributed by atoms with Crippen molar-refractivity contribution in [2.75, 3.05) is 5.33 Å². The molecule has 2 rings (SSSR count). The van der Waals surface area contributed by atoms with Gasteiger partial charge in [0.05, 0.1) is 6.04 Å². The first-order chi connectivity index (χ1) is 7.31. The Balaban J connectivity index is 2.03. The zero-order chi connectivity index (χ0) is 10.7. The van der Waals surface area contributed by atoms with Crippen LogP contribution in [0.5, 0.6) is 0 Å². The molecule has 1 aliphatic rings. The van der Waals surface area contributed by atoms with Gasteiger partial charge >= 0.3 is 0 Å². The van der Waals surface area contributed by atoms with Crippen LogP contribution in [0.1, 0.15) is 35.7 Å². The number of thiophene rings is 1. The molecule has 0 fully saturated rings. The van der Waals surface area contributed by atoms with Crippen molar-refractivity contribution < 1.29 is 4.79 Å². The number of rotatable bonds is 3. The van der Waals surface area contributed by atoms with E-state index in [0.717, 1.165) is 11.8 Å². The minimum absolute atomic E-state index is 0.149. The average Bonchev–Trinajstić information content (AvgIpc) is 2.67. The van der Waals surface area contributed by atoms with Crippen LogP contribution in [0.4, 0.5) is 0 Å². The van der Waals surface area contributed by atoms with E-state index in [1.54, 1.807) is 0 Å². The van der Waals surface area contributed by atoms with Crippen molar-refractivity contribution in [2.24, 2.45) is 0 Å². The number of nitrogens with one attached hydrogen (secondary N) is 1. The summed E-state index contributed by atoms with van der Waals surface area (Å²) in [4.78, 5) is 13.0. The molecule has 15 heavy (non-hydrogen) atoms. The van der Waals surface area contributed by atoms with E-state index >= 15 is 0 Å². The van der Waals surface area contributed by atoms with Crippen LogP contribution in [0.3, 0.4) is 0 Å². The lowest BCUT2D eigenvalue weighted by molar-refractivity contribution is -0.121. The molecule has 1 N–H and O–H groups in total. The second-order valence-electron chi connectivity index (χ2n) is 3.75. The molecule has 0 aliphatic heterocycles. The van der Waals surface area contributed by atoms with E-state index in [2.05, 4.69) is 32.7 Å². The molecule has 82 valence electrons. The van der Waals surface area contributed by atoms with Gasteiger partial charge in [-0.1, -0.05) is 15.9 Å². The molecule has 0 aromatic carbocycles. The first-order valence-electron chi connectivity index (χ1n) is 5.23. The van der Waals surface area contributed by atoms with Gasteiger partial charge in [-0.3, -0.25) is 4.79 Å². The zero-order valence-electron chi connectivity index (χ0n) is 8.46. The molecule has 2 nitrogen and oxygen atoms in total. The lowest BCUT2D eigenvalue weighted by Gasteiger charge is -2.23. The second-order valence-corrected chi connectivity index (χ2v) is 5.54. The Bertz CT molecular complexity index is 350. The summed E-state index contributed by atoms with van der Waals surface area (Å²) in [7, 11) is 0. The fourth-order valence-corrected chi connectivity index (χ4v) is 3.34. The Kier molecular flexibility index (Phi) is 3.81. The number of carbonyl (C=O) groups excluding carboxylic acids is 1. The van der Waals surface area contributed by atoms with Gasteiger partial charge in [0.1, 0.15) is 0 Å². The summed E-state index contributed by atoms with van der Waals surface area (Å²) >= 11 is 5.09. The number of aryl methyl sites for hydroxylation is 1. The number of halogens is 1. The van der Waals surface area contributed by atoms with Crippen molar-refractivity contribution in [1.29, 1.82) is 0 Å². The van der Waals surface area contributed by atoms with Gasteiger partial charge < -0.3 is 5.32 Å². The number of amides is 1. The van der Waals surface area contributed by atoms with E-state index in [4.69, 9.17) is 0 Å². The van der Waals surface area contributed by atoms with E-state index in [0.29, 0.717) is 6.42 Å². The summed E-state index contributed by atoms with van der Waals surface area (Å²) < 4.78 is 0. The molecule has 0 bridgehead atoms. The van der Waals surface area contributed by atoms with Gasteiger partial charge in [0.15, 0.2) is 0 Å². The third-order valence-corrected chi connectivity index (χ3v) is 4.10. The maximum atomic E-state index is 11.5. The van der Waals surface area contributed by atoms with Crippen molar-refractivity contribution in [3.05, 3.63) is 21.9 Å². The second kappa shape index (κ2) is 5.12. The van der Waals surface area contributed by atoms with Crippen molar-refractivity contribution >= 4 is 33.2 Å². The molecule has 0 saturated carbocycles. The van der Waals surface area contributed by atoms with E-state index in [1.807, 2.05) is 11.3 Å². The molecular weight excluding hydrogens is 274 g/mol. The number of hydrogen-bond donors (Lipinski definition) is 1. The van der Waals surface area contributed by atoms with Crippen LogP contribution in [0.2, 0.25) is 0 Å². The van der Waals surface area contributed by atoms with Gasteiger partial charge in [-0.15, -0.1) is 11.3 Å². The van der Waals surface area contributed by atoms with Crippen molar-refractivity contribution in [1.82, 2.24) is 5.32 Å². The van der Waals surface area contributed by atoms with Gasteiger partial charge in [0.2, 0.25) is 5.91 Å². The smallest absolute Gasteiger partial charge is 0.221 e. The van der Waals surface area contributed by atoms with E-state index in [9.17, 15) is 4.79 Å². The minimum atomic E-state index is 0.149. The summed E-state index contributed by atoms with van der Waals surface area (Å²) in [6, 6.07) is 2.41. The van der Waals surface area contributed by atoms with Gasteiger partial charge in [-0.2, -0.15) is 0 Å². The zero-order valence-corrected chi connectivity index (χ0v) is 10.9. The summed E-state index contributed by atoms with van der Waals surface area (Å²) in [6.07, 6.45) is 4.01. The molecule has 1 aromatic rings. The molecule has 1 amide bonds. The van der Waals surface area contributed by atoms with Crippen molar-refractivity contribution in [2.45, 2.75) is 31.7 Å². The molecule has 1 aromatic heterocycles. The van der Waals surface area contributed by atoms with Gasteiger partial charge in [0.25, 0.3) is 0 Å². The minimum Gasteiger partial charge on any atom is -0.349 e. The number of alkyl halides is 1. The Morgan fingerprint density at radius 2 is 2.53 bits per heavy atom. The van der Waals surface area contributed by atoms with Crippen LogP contribution in [-0.4, -0.2) is 11.2 Å². The van der Waals surface area contributed by atoms with E-state index < -0.39 is 0 Å². The SMILES string of the molecule is O=C(CCBr)NC1CCCc2sccc21. The van der Waals surface area contributed by atoms with Crippen molar-refractivity contribution in [3.8, 4) is 0 Å². The molecule has 4 heteroatoms. The largest absolute Gasteiger partial charge is 0.349 e. The Morgan fingerprint density at radius 3 is 3.33 bits per heavy atom. The van der Waals surface area contributed by atoms with Crippen LogP contribution >= 0.6 is 27.3 Å². The molecule has 1 aliphatic carbocycles. The number of fused-ring (bicyclic) bond motifs is 1. The predicted molar refractivity (Wildman–Crippen MR) is 66.6 cm³/mol. The number of carbonyl (C=O) groups is 1. The third kappa shape index (κ3) is 2.61. The normalized spacial score (nSPS) is 19.7. The molecule has 0 saturated heterocycles. The first kappa shape index (κ1) is 11.1. The van der Waals surface area contributed by atoms with Crippen LogP contribution in [0.25, 0.3) is 0 Å². The van der Waals surface area contributed by atoms with Gasteiger partial charge in [-0.25, -0.2) is 0 Å². The Labute approximate surface area is 102 Å². The lowest BCUT2D eigenvalue weighted by atomic mass is 9.94. The molecule has 1 heterocycles. The average molecular weight is 288 g/mol. The molecule has 0 spiro atoms. The first-order valence-corrected chi connectivity index (χ1v) is 7.23. The monoisotopic (exact) mass is 287 g/mol. The highest BCUT2D eigenvalue weighted by Crippen LogP contribution is 2.33. The topological polar surface area (TPSA) is 29.1 Å².